The molecule has 1 aromatic heterocycles. The van der Waals surface area contributed by atoms with Crippen LogP contribution in [-0.4, -0.2) is 47.5 Å². The molecule has 1 saturated heterocycles. The Morgan fingerprint density at radius 2 is 2.33 bits per heavy atom. The fourth-order valence-electron chi connectivity index (χ4n) is 2.03. The maximum absolute atomic E-state index is 11.5. The van der Waals surface area contributed by atoms with E-state index in [4.69, 9.17) is 0 Å². The number of carbonyl (C=O) groups is 1. The second-order valence-corrected chi connectivity index (χ2v) is 4.47. The molecule has 0 unspecified atom stereocenters. The minimum absolute atomic E-state index is 0.0778. The zero-order chi connectivity index (χ0) is 13.0. The molecule has 0 aromatic carbocycles. The number of rotatable bonds is 3. The fourth-order valence-corrected chi connectivity index (χ4v) is 2.03. The number of aryl methyl sites for hydroxylation is 1. The third kappa shape index (κ3) is 3.40. The lowest BCUT2D eigenvalue weighted by Crippen LogP contribution is -2.33. The predicted octanol–water partition coefficient (Wildman–Crippen LogP) is 0.149. The first kappa shape index (κ1) is 12.8. The van der Waals surface area contributed by atoms with E-state index in [0.29, 0.717) is 13.1 Å². The Morgan fingerprint density at radius 1 is 1.50 bits per heavy atom. The van der Waals surface area contributed by atoms with Crippen LogP contribution < -0.4 is 10.6 Å². The number of amides is 1. The molecule has 0 saturated carbocycles. The molecule has 1 fully saturated rings. The van der Waals surface area contributed by atoms with Gasteiger partial charge in [-0.1, -0.05) is 0 Å². The molecule has 2 rings (SSSR count). The number of nitrogens with zero attached hydrogens (tertiary/aromatic N) is 3. The highest BCUT2D eigenvalue weighted by Gasteiger charge is 2.16. The zero-order valence-corrected chi connectivity index (χ0v) is 10.9. The Kier molecular flexibility index (Phi) is 4.09. The third-order valence-corrected chi connectivity index (χ3v) is 2.86. The lowest BCUT2D eigenvalue weighted by atomic mass is 10.3. The van der Waals surface area contributed by atoms with E-state index in [0.717, 1.165) is 36.8 Å². The van der Waals surface area contributed by atoms with Crippen LogP contribution in [0.4, 0.5) is 5.82 Å². The number of hydrogen-bond donors (Lipinski definition) is 2. The molecule has 18 heavy (non-hydrogen) atoms. The number of anilines is 1. The lowest BCUT2D eigenvalue weighted by molar-refractivity contribution is -0.121. The third-order valence-electron chi connectivity index (χ3n) is 2.86. The topological polar surface area (TPSA) is 70.2 Å². The van der Waals surface area contributed by atoms with E-state index in [1.165, 1.54) is 0 Å². The van der Waals surface area contributed by atoms with Gasteiger partial charge in [0.2, 0.25) is 5.91 Å². The monoisotopic (exact) mass is 249 g/mol. The van der Waals surface area contributed by atoms with Crippen LogP contribution in [0.5, 0.6) is 0 Å². The van der Waals surface area contributed by atoms with Crippen LogP contribution in [0.3, 0.4) is 0 Å². The Balaban J connectivity index is 2.07. The van der Waals surface area contributed by atoms with Gasteiger partial charge in [-0.25, -0.2) is 9.97 Å². The van der Waals surface area contributed by atoms with Crippen molar-refractivity contribution in [2.45, 2.75) is 19.9 Å². The molecule has 0 bridgehead atoms. The predicted molar refractivity (Wildman–Crippen MR) is 69.2 cm³/mol. The van der Waals surface area contributed by atoms with Crippen LogP contribution in [0.1, 0.15) is 17.9 Å². The molecule has 0 radical (unpaired) electrons. The van der Waals surface area contributed by atoms with Crippen molar-refractivity contribution in [1.29, 1.82) is 0 Å². The highest BCUT2D eigenvalue weighted by molar-refractivity contribution is 5.78. The molecule has 2 N–H and O–H groups in total. The van der Waals surface area contributed by atoms with Crippen LogP contribution in [0.25, 0.3) is 0 Å². The van der Waals surface area contributed by atoms with Gasteiger partial charge in [0.05, 0.1) is 13.1 Å². The molecule has 1 amide bonds. The molecule has 1 aliphatic heterocycles. The molecule has 0 spiro atoms. The molecule has 0 aliphatic carbocycles. The number of carbonyl (C=O) groups excluding carboxylic acids is 1. The van der Waals surface area contributed by atoms with Crippen molar-refractivity contribution in [3.8, 4) is 0 Å². The number of nitrogens with one attached hydrogen (secondary N) is 2. The summed E-state index contributed by atoms with van der Waals surface area (Å²) in [6.07, 6.45) is 0.969. The molecule has 6 heteroatoms. The van der Waals surface area contributed by atoms with E-state index in [1.54, 1.807) is 0 Å². The molecular formula is C12H19N5O. The van der Waals surface area contributed by atoms with E-state index in [-0.39, 0.29) is 5.91 Å². The molecular weight excluding hydrogens is 230 g/mol. The van der Waals surface area contributed by atoms with Crippen LogP contribution in [0.15, 0.2) is 6.07 Å². The van der Waals surface area contributed by atoms with Gasteiger partial charge in [-0.3, -0.25) is 9.69 Å². The maximum atomic E-state index is 11.5. The minimum atomic E-state index is 0.0778. The van der Waals surface area contributed by atoms with Crippen LogP contribution in [0.2, 0.25) is 0 Å². The SMILES string of the molecule is CNc1cc(C)nc(CN2CCCNC(=O)C2)n1. The largest absolute Gasteiger partial charge is 0.373 e. The van der Waals surface area contributed by atoms with Gasteiger partial charge < -0.3 is 10.6 Å². The summed E-state index contributed by atoms with van der Waals surface area (Å²) in [7, 11) is 1.84. The maximum Gasteiger partial charge on any atom is 0.234 e. The van der Waals surface area contributed by atoms with E-state index in [9.17, 15) is 4.79 Å². The summed E-state index contributed by atoms with van der Waals surface area (Å²) < 4.78 is 0. The second kappa shape index (κ2) is 5.77. The molecule has 6 nitrogen and oxygen atoms in total. The minimum Gasteiger partial charge on any atom is -0.373 e. The van der Waals surface area contributed by atoms with E-state index in [1.807, 2.05) is 20.0 Å². The number of aromatic nitrogens is 2. The molecule has 1 aliphatic rings. The molecule has 1 aromatic rings. The van der Waals surface area contributed by atoms with Crippen LogP contribution >= 0.6 is 0 Å². The average Bonchev–Trinajstić information content (AvgIpc) is 2.52. The van der Waals surface area contributed by atoms with Crippen molar-refractivity contribution in [2.75, 3.05) is 32.0 Å². The second-order valence-electron chi connectivity index (χ2n) is 4.47. The zero-order valence-electron chi connectivity index (χ0n) is 10.9. The Bertz CT molecular complexity index is 434. The fraction of sp³-hybridized carbons (Fsp3) is 0.583. The summed E-state index contributed by atoms with van der Waals surface area (Å²) in [5, 5.41) is 5.88. The first-order valence-electron chi connectivity index (χ1n) is 6.19. The van der Waals surface area contributed by atoms with Gasteiger partial charge in [0, 0.05) is 31.9 Å². The average molecular weight is 249 g/mol. The van der Waals surface area contributed by atoms with Crippen molar-refractivity contribution in [1.82, 2.24) is 20.2 Å². The lowest BCUT2D eigenvalue weighted by Gasteiger charge is -2.17. The van der Waals surface area contributed by atoms with E-state index >= 15 is 0 Å². The van der Waals surface area contributed by atoms with Crippen LogP contribution in [0, 0.1) is 6.92 Å². The van der Waals surface area contributed by atoms with Gasteiger partial charge in [-0.15, -0.1) is 0 Å². The summed E-state index contributed by atoms with van der Waals surface area (Å²) in [5.41, 5.74) is 0.934. The smallest absolute Gasteiger partial charge is 0.234 e. The van der Waals surface area contributed by atoms with Gasteiger partial charge in [-0.2, -0.15) is 0 Å². The molecule has 0 atom stereocenters. The van der Waals surface area contributed by atoms with Crippen LogP contribution in [-0.2, 0) is 11.3 Å². The van der Waals surface area contributed by atoms with Crippen molar-refractivity contribution in [2.24, 2.45) is 0 Å². The van der Waals surface area contributed by atoms with Crippen molar-refractivity contribution >= 4 is 11.7 Å². The van der Waals surface area contributed by atoms with Crippen molar-refractivity contribution in [3.63, 3.8) is 0 Å². The van der Waals surface area contributed by atoms with Gasteiger partial charge in [0.1, 0.15) is 11.6 Å². The normalized spacial score (nSPS) is 17.1. The first-order valence-corrected chi connectivity index (χ1v) is 6.19. The molecule has 98 valence electrons. The van der Waals surface area contributed by atoms with E-state index < -0.39 is 0 Å². The number of hydrogen-bond acceptors (Lipinski definition) is 5. The van der Waals surface area contributed by atoms with Crippen molar-refractivity contribution in [3.05, 3.63) is 17.6 Å². The van der Waals surface area contributed by atoms with Gasteiger partial charge in [0.25, 0.3) is 0 Å². The summed E-state index contributed by atoms with van der Waals surface area (Å²) >= 11 is 0. The summed E-state index contributed by atoms with van der Waals surface area (Å²) in [4.78, 5) is 22.4. The van der Waals surface area contributed by atoms with Gasteiger partial charge in [-0.05, 0) is 13.3 Å². The Hall–Kier alpha value is -1.69. The van der Waals surface area contributed by atoms with Gasteiger partial charge in [0.15, 0.2) is 0 Å². The first-order chi connectivity index (χ1) is 8.67. The molecule has 2 heterocycles. The Labute approximate surface area is 107 Å². The quantitative estimate of drug-likeness (QED) is 0.798. The van der Waals surface area contributed by atoms with Crippen molar-refractivity contribution < 1.29 is 4.79 Å². The summed E-state index contributed by atoms with van der Waals surface area (Å²) in [5.74, 6) is 1.65. The van der Waals surface area contributed by atoms with Gasteiger partial charge >= 0.3 is 0 Å². The Morgan fingerprint density at radius 3 is 3.11 bits per heavy atom. The highest BCUT2D eigenvalue weighted by atomic mass is 16.2. The summed E-state index contributed by atoms with van der Waals surface area (Å²) in [6, 6.07) is 1.90. The highest BCUT2D eigenvalue weighted by Crippen LogP contribution is 2.08. The standard InChI is InChI=1S/C12H19N5O/c1-9-6-10(13-2)16-11(15-9)7-17-5-3-4-14-12(18)8-17/h6H,3-5,7-8H2,1-2H3,(H,14,18)(H,13,15,16). The summed E-state index contributed by atoms with van der Waals surface area (Å²) in [6.45, 7) is 4.63. The van der Waals surface area contributed by atoms with E-state index in [2.05, 4.69) is 25.5 Å².